The van der Waals surface area contributed by atoms with Crippen LogP contribution in [-0.4, -0.2) is 109 Å². The van der Waals surface area contributed by atoms with Crippen molar-refractivity contribution in [1.82, 2.24) is 0 Å². The molecule has 0 aromatic rings. The highest BCUT2D eigenvalue weighted by atomic mass is 32.1. The van der Waals surface area contributed by atoms with Gasteiger partial charge in [0.05, 0.1) is 6.61 Å². The van der Waals surface area contributed by atoms with Crippen LogP contribution in [0.15, 0.2) is 0 Å². The maximum Gasteiger partial charge on any atom is 0.472 e. The van der Waals surface area contributed by atoms with Crippen LogP contribution in [0.25, 0.3) is 0 Å². The molecule has 1 fully saturated rings. The van der Waals surface area contributed by atoms with Crippen molar-refractivity contribution >= 4 is 40.2 Å². The van der Waals surface area contributed by atoms with E-state index in [1.807, 2.05) is 0 Å². The zero-order valence-electron chi connectivity index (χ0n) is 36.1. The van der Waals surface area contributed by atoms with Gasteiger partial charge in [0.15, 0.2) is 6.10 Å². The minimum atomic E-state index is -5.36. The molecule has 19 heteroatoms. The van der Waals surface area contributed by atoms with E-state index in [0.29, 0.717) is 12.8 Å². The lowest BCUT2D eigenvalue weighted by atomic mass is 9.85. The maximum absolute atomic E-state index is 12.9. The van der Waals surface area contributed by atoms with Gasteiger partial charge >= 0.3 is 27.6 Å². The highest BCUT2D eigenvalue weighted by molar-refractivity contribution is 7.80. The number of unbranched alkanes of at least 4 members (excludes halogenated alkanes) is 24. The molecule has 356 valence electrons. The summed E-state index contributed by atoms with van der Waals surface area (Å²) in [5.41, 5.74) is 0. The van der Waals surface area contributed by atoms with E-state index in [4.69, 9.17) is 28.3 Å². The van der Waals surface area contributed by atoms with Gasteiger partial charge in [0.1, 0.15) is 43.2 Å². The third-order valence-electron chi connectivity index (χ3n) is 10.7. The number of aliphatic hydroxyl groups is 4. The van der Waals surface area contributed by atoms with Crippen molar-refractivity contribution in [3.63, 3.8) is 0 Å². The van der Waals surface area contributed by atoms with Gasteiger partial charge in [-0.1, -0.05) is 155 Å². The Labute approximate surface area is 364 Å². The van der Waals surface area contributed by atoms with E-state index < -0.39 is 83.5 Å². The first kappa shape index (κ1) is 57.4. The first-order chi connectivity index (χ1) is 28.6. The number of carbonyl (C=O) groups excluding carboxylic acids is 2. The Hall–Kier alpha value is -0.650. The van der Waals surface area contributed by atoms with Crippen LogP contribution in [0.4, 0.5) is 0 Å². The van der Waals surface area contributed by atoms with Crippen LogP contribution < -0.4 is 0 Å². The Morgan fingerprint density at radius 1 is 0.517 bits per heavy atom. The summed E-state index contributed by atoms with van der Waals surface area (Å²) in [7, 11) is -10.7. The molecule has 60 heavy (non-hydrogen) atoms. The summed E-state index contributed by atoms with van der Waals surface area (Å²) >= 11 is 4.25. The molecule has 4 unspecified atom stereocenters. The second kappa shape index (κ2) is 34.7. The molecule has 0 amide bonds. The predicted molar refractivity (Wildman–Crippen MR) is 231 cm³/mol. The van der Waals surface area contributed by atoms with Gasteiger partial charge in [-0.05, 0) is 25.0 Å². The van der Waals surface area contributed by atoms with Gasteiger partial charge in [-0.3, -0.25) is 23.2 Å². The lowest BCUT2D eigenvalue weighted by Gasteiger charge is -2.43. The van der Waals surface area contributed by atoms with Crippen molar-refractivity contribution in [2.24, 2.45) is 0 Å². The number of phosphoric ester groups is 2. The van der Waals surface area contributed by atoms with Crippen molar-refractivity contribution < 1.29 is 76.9 Å². The minimum absolute atomic E-state index is 0.0494. The SMILES string of the molecule is CCCCCCCCCCCCCCCC(=O)O[C@@H](COC(=O)CCCCCCCCCCCCCCCS)COP(=O)(O)OC1C(O)[C@@H](OP(=O)(O)O)C(O)[C@@H](O)[C@H]1O. The van der Waals surface area contributed by atoms with Gasteiger partial charge in [0, 0.05) is 12.8 Å². The molecular formula is C41H80O16P2S. The molecule has 8 atom stereocenters. The molecule has 1 rings (SSSR count). The Morgan fingerprint density at radius 2 is 0.900 bits per heavy atom. The zero-order chi connectivity index (χ0) is 44.7. The Morgan fingerprint density at radius 3 is 1.32 bits per heavy atom. The third-order valence-corrected chi connectivity index (χ3v) is 12.6. The topological polar surface area (TPSA) is 256 Å². The van der Waals surface area contributed by atoms with Crippen LogP contribution in [0.3, 0.4) is 0 Å². The maximum atomic E-state index is 12.9. The first-order valence-electron chi connectivity index (χ1n) is 22.7. The molecule has 0 bridgehead atoms. The molecular weight excluding hydrogens is 842 g/mol. The van der Waals surface area contributed by atoms with Crippen molar-refractivity contribution in [3.8, 4) is 0 Å². The van der Waals surface area contributed by atoms with Crippen molar-refractivity contribution in [2.45, 2.75) is 229 Å². The number of rotatable bonds is 39. The van der Waals surface area contributed by atoms with E-state index in [9.17, 15) is 44.0 Å². The normalized spacial score (nSPS) is 22.4. The third kappa shape index (κ3) is 28.9. The highest BCUT2D eigenvalue weighted by Gasteiger charge is 2.54. The van der Waals surface area contributed by atoms with Gasteiger partial charge in [0.2, 0.25) is 0 Å². The van der Waals surface area contributed by atoms with Crippen molar-refractivity contribution in [3.05, 3.63) is 0 Å². The standard InChI is InChI=1S/C41H80O16P2S/c1-2-3-4-5-6-7-8-10-14-17-20-23-26-29-35(43)55-33(31-53-34(42)28-25-22-19-16-13-11-9-12-15-18-21-24-27-30-60)32-54-59(51,52)57-41-38(46)36(44)37(45)40(39(41)47)56-58(48,49)50/h33,36-41,44-47,60H,2-32H2,1H3,(H,51,52)(H2,48,49,50)/t33-,36+,37?,38+,39?,40-,41?/m0/s1. The summed E-state index contributed by atoms with van der Waals surface area (Å²) in [6, 6.07) is 0. The summed E-state index contributed by atoms with van der Waals surface area (Å²) in [6.45, 7) is 0.883. The van der Waals surface area contributed by atoms with Crippen LogP contribution >= 0.6 is 28.3 Å². The minimum Gasteiger partial charge on any atom is -0.462 e. The number of esters is 2. The van der Waals surface area contributed by atoms with Crippen LogP contribution in [0.1, 0.15) is 187 Å². The first-order valence-corrected chi connectivity index (χ1v) is 26.4. The number of thiol groups is 1. The second-order valence-electron chi connectivity index (χ2n) is 16.2. The molecule has 0 radical (unpaired) electrons. The van der Waals surface area contributed by atoms with E-state index in [0.717, 1.165) is 57.1 Å². The molecule has 0 saturated heterocycles. The van der Waals surface area contributed by atoms with Gasteiger partial charge in [-0.25, -0.2) is 9.13 Å². The lowest BCUT2D eigenvalue weighted by molar-refractivity contribution is -0.216. The molecule has 1 aliphatic rings. The van der Waals surface area contributed by atoms with Gasteiger partial charge < -0.3 is 44.6 Å². The van der Waals surface area contributed by atoms with E-state index >= 15 is 0 Å². The summed E-state index contributed by atoms with van der Waals surface area (Å²) in [4.78, 5) is 54.1. The highest BCUT2D eigenvalue weighted by Crippen LogP contribution is 2.49. The van der Waals surface area contributed by atoms with Crippen molar-refractivity contribution in [1.29, 1.82) is 0 Å². The van der Waals surface area contributed by atoms with Crippen LogP contribution in [0.2, 0.25) is 0 Å². The molecule has 0 heterocycles. The Bertz CT molecular complexity index is 1200. The molecule has 16 nitrogen and oxygen atoms in total. The number of hydrogen-bond donors (Lipinski definition) is 8. The number of aliphatic hydroxyl groups excluding tert-OH is 4. The fourth-order valence-electron chi connectivity index (χ4n) is 7.18. The van der Waals surface area contributed by atoms with E-state index in [-0.39, 0.29) is 12.8 Å². The fourth-order valence-corrected chi connectivity index (χ4v) is 8.95. The van der Waals surface area contributed by atoms with Gasteiger partial charge in [-0.2, -0.15) is 12.6 Å². The number of hydrogen-bond acceptors (Lipinski definition) is 14. The summed E-state index contributed by atoms with van der Waals surface area (Å²) in [5, 5.41) is 41.2. The van der Waals surface area contributed by atoms with E-state index in [1.165, 1.54) is 103 Å². The Balaban J connectivity index is 2.60. The van der Waals surface area contributed by atoms with Gasteiger partial charge in [0.25, 0.3) is 0 Å². The van der Waals surface area contributed by atoms with Crippen molar-refractivity contribution in [2.75, 3.05) is 19.0 Å². The largest absolute Gasteiger partial charge is 0.472 e. The fraction of sp³-hybridized carbons (Fsp3) is 0.951. The summed E-state index contributed by atoms with van der Waals surface area (Å²) in [5.74, 6) is -0.241. The quantitative estimate of drug-likeness (QED) is 0.0127. The molecule has 0 aromatic heterocycles. The monoisotopic (exact) mass is 922 g/mol. The zero-order valence-corrected chi connectivity index (χ0v) is 38.8. The molecule has 0 spiro atoms. The van der Waals surface area contributed by atoms with E-state index in [2.05, 4.69) is 24.1 Å². The van der Waals surface area contributed by atoms with E-state index in [1.54, 1.807) is 0 Å². The summed E-state index contributed by atoms with van der Waals surface area (Å²) < 4.78 is 49.3. The average Bonchev–Trinajstić information content (AvgIpc) is 3.20. The smallest absolute Gasteiger partial charge is 0.462 e. The lowest BCUT2D eigenvalue weighted by Crippen LogP contribution is -2.64. The molecule has 0 aliphatic heterocycles. The average molecular weight is 923 g/mol. The molecule has 0 aromatic carbocycles. The second-order valence-corrected chi connectivity index (χ2v) is 19.3. The molecule has 7 N–H and O–H groups in total. The number of ether oxygens (including phenoxy) is 2. The summed E-state index contributed by atoms with van der Waals surface area (Å²) in [6.07, 6.45) is 14.7. The van der Waals surface area contributed by atoms with Crippen LogP contribution in [0, 0.1) is 0 Å². The molecule has 1 saturated carbocycles. The van der Waals surface area contributed by atoms with Crippen LogP contribution in [0.5, 0.6) is 0 Å². The number of carbonyl (C=O) groups is 2. The number of phosphoric acid groups is 2. The van der Waals surface area contributed by atoms with Gasteiger partial charge in [-0.15, -0.1) is 0 Å². The predicted octanol–water partition coefficient (Wildman–Crippen LogP) is 7.75. The Kier molecular flexibility index (Phi) is 33.2. The van der Waals surface area contributed by atoms with Crippen LogP contribution in [-0.2, 0) is 41.8 Å². The molecule has 1 aliphatic carbocycles.